The molecule has 10 nitrogen and oxygen atoms in total. The van der Waals surface area contributed by atoms with E-state index >= 15 is 0 Å². The monoisotopic (exact) mass is 605 g/mol. The minimum atomic E-state index is -4.57. The van der Waals surface area contributed by atoms with Crippen LogP contribution in [0.4, 0.5) is 13.2 Å². The Morgan fingerprint density at radius 3 is 2.45 bits per heavy atom. The predicted octanol–water partition coefficient (Wildman–Crippen LogP) is 4.14. The SMILES string of the molecule is CCN(C)CCN(C)CC(=O)NNn1cc(-c2ccnn2-c2ccc(C#N)cc2)c(C)c(-c2cccc(C(F)(F)F)c2)c1=N. The van der Waals surface area contributed by atoms with Gasteiger partial charge in [-0.2, -0.15) is 23.5 Å². The van der Waals surface area contributed by atoms with Crippen LogP contribution in [-0.4, -0.2) is 70.4 Å². The number of aromatic nitrogens is 3. The standard InChI is InChI=1S/C31H34F3N9O/c1-5-40(3)15-16-41(4)20-28(44)38-39-42-19-26(27-13-14-37-43(27)25-11-9-22(18-35)10-12-25)21(2)29(30(42)36)23-7-6-8-24(17-23)31(32,33)34/h6-14,17,19,36,39H,5,15-16,20H2,1-4H3,(H,38,44). The molecule has 230 valence electrons. The van der Waals surface area contributed by atoms with Crippen molar-refractivity contribution in [2.75, 3.05) is 45.8 Å². The van der Waals surface area contributed by atoms with Gasteiger partial charge in [-0.1, -0.05) is 19.1 Å². The molecule has 0 aliphatic rings. The molecule has 4 rings (SSSR count). The number of nitrogens with zero attached hydrogens (tertiary/aromatic N) is 6. The smallest absolute Gasteiger partial charge is 0.305 e. The summed E-state index contributed by atoms with van der Waals surface area (Å²) >= 11 is 0. The molecular formula is C31H34F3N9O. The van der Waals surface area contributed by atoms with E-state index in [0.29, 0.717) is 34.6 Å². The van der Waals surface area contributed by atoms with Crippen LogP contribution in [0.15, 0.2) is 67.0 Å². The van der Waals surface area contributed by atoms with E-state index in [1.807, 2.05) is 25.9 Å². The van der Waals surface area contributed by atoms with E-state index in [1.54, 1.807) is 54.3 Å². The van der Waals surface area contributed by atoms with Gasteiger partial charge in [0.25, 0.3) is 5.91 Å². The van der Waals surface area contributed by atoms with Crippen LogP contribution in [-0.2, 0) is 11.0 Å². The molecule has 0 bridgehead atoms. The third kappa shape index (κ3) is 7.34. The van der Waals surface area contributed by atoms with Gasteiger partial charge in [-0.25, -0.2) is 14.9 Å². The number of hydrazine groups is 1. The van der Waals surface area contributed by atoms with E-state index in [1.165, 1.54) is 16.8 Å². The average Bonchev–Trinajstić information content (AvgIpc) is 3.49. The van der Waals surface area contributed by atoms with Crippen LogP contribution in [0.5, 0.6) is 0 Å². The van der Waals surface area contributed by atoms with E-state index in [2.05, 4.69) is 27.0 Å². The maximum Gasteiger partial charge on any atom is 0.416 e. The lowest BCUT2D eigenvalue weighted by atomic mass is 9.96. The molecule has 0 atom stereocenters. The number of rotatable bonds is 11. The van der Waals surface area contributed by atoms with Crippen molar-refractivity contribution in [3.05, 3.63) is 89.2 Å². The van der Waals surface area contributed by atoms with Crippen molar-refractivity contribution < 1.29 is 18.0 Å². The molecule has 13 heteroatoms. The Hall–Kier alpha value is -4.93. The first-order valence-corrected chi connectivity index (χ1v) is 13.9. The predicted molar refractivity (Wildman–Crippen MR) is 161 cm³/mol. The lowest BCUT2D eigenvalue weighted by Crippen LogP contribution is -2.46. The second-order valence-electron chi connectivity index (χ2n) is 10.4. The van der Waals surface area contributed by atoms with Crippen LogP contribution in [0.2, 0.25) is 0 Å². The number of carbonyl (C=O) groups is 1. The third-order valence-electron chi connectivity index (χ3n) is 7.29. The van der Waals surface area contributed by atoms with Gasteiger partial charge in [0.1, 0.15) is 0 Å². The van der Waals surface area contributed by atoms with E-state index in [-0.39, 0.29) is 29.1 Å². The Kier molecular flexibility index (Phi) is 9.87. The molecule has 0 unspecified atom stereocenters. The zero-order chi connectivity index (χ0) is 32.0. The summed E-state index contributed by atoms with van der Waals surface area (Å²) in [6.45, 7) is 6.20. The molecule has 2 aromatic heterocycles. The molecule has 0 radical (unpaired) electrons. The van der Waals surface area contributed by atoms with Gasteiger partial charge >= 0.3 is 6.18 Å². The highest BCUT2D eigenvalue weighted by molar-refractivity contribution is 5.79. The van der Waals surface area contributed by atoms with Crippen LogP contribution in [0.1, 0.15) is 23.6 Å². The number of nitrogens with one attached hydrogen (secondary N) is 3. The second kappa shape index (κ2) is 13.6. The lowest BCUT2D eigenvalue weighted by Gasteiger charge is -2.22. The van der Waals surface area contributed by atoms with Gasteiger partial charge in [0.05, 0.1) is 41.3 Å². The summed E-state index contributed by atoms with van der Waals surface area (Å²) in [5.74, 6) is -0.357. The maximum atomic E-state index is 13.6. The van der Waals surface area contributed by atoms with Crippen LogP contribution >= 0.6 is 0 Å². The number of hydrogen-bond donors (Lipinski definition) is 3. The molecule has 2 aromatic carbocycles. The first-order chi connectivity index (χ1) is 20.9. The molecule has 4 aromatic rings. The Morgan fingerprint density at radius 1 is 1.09 bits per heavy atom. The highest BCUT2D eigenvalue weighted by atomic mass is 19.4. The number of halogens is 3. The minimum absolute atomic E-state index is 0.0864. The molecule has 2 heterocycles. The molecule has 44 heavy (non-hydrogen) atoms. The van der Waals surface area contributed by atoms with Crippen molar-refractivity contribution in [1.29, 1.82) is 10.7 Å². The number of nitriles is 1. The van der Waals surface area contributed by atoms with Gasteiger partial charge in [-0.3, -0.25) is 20.5 Å². The molecule has 3 N–H and O–H groups in total. The summed E-state index contributed by atoms with van der Waals surface area (Å²) in [6, 6.07) is 15.4. The van der Waals surface area contributed by atoms with Gasteiger partial charge in [-0.05, 0) is 81.2 Å². The fourth-order valence-electron chi connectivity index (χ4n) is 4.65. The molecule has 0 aliphatic carbocycles. The van der Waals surface area contributed by atoms with E-state index < -0.39 is 11.7 Å². The van der Waals surface area contributed by atoms with Gasteiger partial charge in [0.15, 0.2) is 5.49 Å². The van der Waals surface area contributed by atoms with Crippen molar-refractivity contribution in [3.63, 3.8) is 0 Å². The van der Waals surface area contributed by atoms with E-state index in [0.717, 1.165) is 25.2 Å². The third-order valence-corrected chi connectivity index (χ3v) is 7.29. The second-order valence-corrected chi connectivity index (χ2v) is 10.4. The fraction of sp³-hybridized carbons (Fsp3) is 0.290. The molecule has 0 aliphatic heterocycles. The summed E-state index contributed by atoms with van der Waals surface area (Å²) in [6.07, 6.45) is -1.40. The Bertz CT molecular complexity index is 1720. The summed E-state index contributed by atoms with van der Waals surface area (Å²) in [7, 11) is 3.82. The Balaban J connectivity index is 1.76. The highest BCUT2D eigenvalue weighted by Crippen LogP contribution is 2.34. The van der Waals surface area contributed by atoms with Crippen molar-refractivity contribution in [1.82, 2.24) is 29.7 Å². The van der Waals surface area contributed by atoms with Gasteiger partial charge in [0.2, 0.25) is 0 Å². The van der Waals surface area contributed by atoms with Gasteiger partial charge < -0.3 is 4.90 Å². The van der Waals surface area contributed by atoms with Crippen LogP contribution in [0.25, 0.3) is 28.1 Å². The average molecular weight is 606 g/mol. The van der Waals surface area contributed by atoms with Crippen LogP contribution < -0.4 is 16.4 Å². The number of amides is 1. The quantitative estimate of drug-likeness (QED) is 0.221. The number of hydrogen-bond acceptors (Lipinski definition) is 7. The molecule has 0 spiro atoms. The summed E-state index contributed by atoms with van der Waals surface area (Å²) in [4.78, 5) is 16.8. The van der Waals surface area contributed by atoms with Crippen LogP contribution in [0, 0.1) is 23.7 Å². The number of carbonyl (C=O) groups excluding carboxylic acids is 1. The zero-order valence-electron chi connectivity index (χ0n) is 24.9. The van der Waals surface area contributed by atoms with Crippen molar-refractivity contribution >= 4 is 5.91 Å². The van der Waals surface area contributed by atoms with Crippen molar-refractivity contribution in [3.8, 4) is 34.1 Å². The molecule has 0 saturated heterocycles. The number of likely N-dealkylation sites (N-methyl/N-ethyl adjacent to an activating group) is 2. The summed E-state index contributed by atoms with van der Waals surface area (Å²) in [5, 5.41) is 22.6. The lowest BCUT2D eigenvalue weighted by molar-refractivity contribution is -0.137. The zero-order valence-corrected chi connectivity index (χ0v) is 24.9. The fourth-order valence-corrected chi connectivity index (χ4v) is 4.65. The van der Waals surface area contributed by atoms with Gasteiger partial charge in [0, 0.05) is 30.4 Å². The Labute approximate surface area is 253 Å². The molecule has 0 fully saturated rings. The largest absolute Gasteiger partial charge is 0.416 e. The molecular weight excluding hydrogens is 571 g/mol. The molecule has 0 saturated carbocycles. The first kappa shape index (κ1) is 32.0. The summed E-state index contributed by atoms with van der Waals surface area (Å²) in [5.41, 5.74) is 7.60. The van der Waals surface area contributed by atoms with Crippen LogP contribution in [0.3, 0.4) is 0 Å². The highest BCUT2D eigenvalue weighted by Gasteiger charge is 2.31. The van der Waals surface area contributed by atoms with E-state index in [9.17, 15) is 23.2 Å². The topological polar surface area (TPSA) is 118 Å². The first-order valence-electron chi connectivity index (χ1n) is 13.9. The maximum absolute atomic E-state index is 13.6. The number of benzene rings is 2. The normalized spacial score (nSPS) is 11.5. The van der Waals surface area contributed by atoms with Crippen molar-refractivity contribution in [2.45, 2.75) is 20.0 Å². The molecule has 1 amide bonds. The number of alkyl halides is 3. The number of pyridine rings is 1. The van der Waals surface area contributed by atoms with Gasteiger partial charge in [-0.15, -0.1) is 0 Å². The van der Waals surface area contributed by atoms with E-state index in [4.69, 9.17) is 5.41 Å². The minimum Gasteiger partial charge on any atom is -0.305 e. The summed E-state index contributed by atoms with van der Waals surface area (Å²) < 4.78 is 43.8. The van der Waals surface area contributed by atoms with Crippen molar-refractivity contribution in [2.24, 2.45) is 0 Å². The Morgan fingerprint density at radius 2 is 1.80 bits per heavy atom.